The number of aromatic nitrogens is 1. The van der Waals surface area contributed by atoms with E-state index < -0.39 is 11.7 Å². The van der Waals surface area contributed by atoms with Gasteiger partial charge < -0.3 is 14.5 Å². The Morgan fingerprint density at radius 3 is 2.37 bits per heavy atom. The van der Waals surface area contributed by atoms with Crippen molar-refractivity contribution in [2.24, 2.45) is 0 Å². The topological polar surface area (TPSA) is 31.8 Å². The molecule has 0 amide bonds. The predicted molar refractivity (Wildman–Crippen MR) is 112 cm³/mol. The summed E-state index contributed by atoms with van der Waals surface area (Å²) in [6.45, 7) is 10.1. The van der Waals surface area contributed by atoms with Crippen molar-refractivity contribution in [1.82, 2.24) is 14.8 Å². The van der Waals surface area contributed by atoms with Crippen LogP contribution in [-0.4, -0.2) is 79.9 Å². The average Bonchev–Trinajstić information content (AvgIpc) is 2.74. The number of anilines is 1. The third kappa shape index (κ3) is 6.48. The van der Waals surface area contributed by atoms with E-state index in [1.54, 1.807) is 0 Å². The van der Waals surface area contributed by atoms with Gasteiger partial charge in [-0.3, -0.25) is 4.90 Å². The van der Waals surface area contributed by atoms with E-state index in [2.05, 4.69) is 33.5 Å². The lowest BCUT2D eigenvalue weighted by Crippen LogP contribution is -2.46. The van der Waals surface area contributed by atoms with Crippen molar-refractivity contribution in [3.63, 3.8) is 0 Å². The number of piperazine rings is 1. The summed E-state index contributed by atoms with van der Waals surface area (Å²) in [7, 11) is 0. The Morgan fingerprint density at radius 2 is 1.77 bits per heavy atom. The molecule has 2 aliphatic heterocycles. The zero-order valence-corrected chi connectivity index (χ0v) is 18.0. The van der Waals surface area contributed by atoms with Crippen molar-refractivity contribution in [3.05, 3.63) is 22.8 Å². The fourth-order valence-electron chi connectivity index (χ4n) is 3.69. The van der Waals surface area contributed by atoms with Crippen molar-refractivity contribution in [3.8, 4) is 11.8 Å². The lowest BCUT2D eigenvalue weighted by atomic mass is 10.1. The minimum absolute atomic E-state index is 0.0230. The van der Waals surface area contributed by atoms with Gasteiger partial charge >= 0.3 is 6.18 Å². The van der Waals surface area contributed by atoms with E-state index in [9.17, 15) is 13.2 Å². The first kappa shape index (κ1) is 23.1. The van der Waals surface area contributed by atoms with Gasteiger partial charge in [0.1, 0.15) is 12.4 Å². The van der Waals surface area contributed by atoms with Crippen LogP contribution in [0.3, 0.4) is 0 Å². The smallest absolute Gasteiger partial charge is 0.365 e. The first-order valence-electron chi connectivity index (χ1n) is 10.4. The van der Waals surface area contributed by atoms with Gasteiger partial charge in [0.15, 0.2) is 0 Å². The first-order chi connectivity index (χ1) is 14.4. The molecule has 0 spiro atoms. The highest BCUT2D eigenvalue weighted by Gasteiger charge is 2.32. The van der Waals surface area contributed by atoms with Crippen LogP contribution < -0.4 is 4.90 Å². The van der Waals surface area contributed by atoms with Gasteiger partial charge in [0.05, 0.1) is 23.2 Å². The molecule has 9 heteroatoms. The van der Waals surface area contributed by atoms with Gasteiger partial charge in [0.2, 0.25) is 0 Å². The third-order valence-electron chi connectivity index (χ3n) is 5.62. The van der Waals surface area contributed by atoms with Crippen LogP contribution in [-0.2, 0) is 10.9 Å². The van der Waals surface area contributed by atoms with E-state index in [4.69, 9.17) is 16.3 Å². The zero-order valence-electron chi connectivity index (χ0n) is 17.2. The molecule has 0 radical (unpaired) electrons. The van der Waals surface area contributed by atoms with Crippen molar-refractivity contribution in [2.75, 3.05) is 63.9 Å². The van der Waals surface area contributed by atoms with E-state index in [1.165, 1.54) is 0 Å². The molecule has 166 valence electrons. The molecule has 1 aromatic heterocycles. The van der Waals surface area contributed by atoms with Crippen molar-refractivity contribution in [2.45, 2.75) is 32.0 Å². The monoisotopic (exact) mass is 444 g/mol. The van der Waals surface area contributed by atoms with Gasteiger partial charge in [-0.1, -0.05) is 30.4 Å². The molecule has 0 unspecified atom stereocenters. The molecule has 3 heterocycles. The summed E-state index contributed by atoms with van der Waals surface area (Å²) in [5.74, 6) is 6.68. The van der Waals surface area contributed by atoms with Gasteiger partial charge in [-0.05, 0) is 25.5 Å². The number of likely N-dealkylation sites (N-methyl/N-ethyl adjacent to an activating group) is 1. The van der Waals surface area contributed by atoms with Crippen molar-refractivity contribution >= 4 is 17.4 Å². The molecule has 3 rings (SSSR count). The van der Waals surface area contributed by atoms with E-state index in [1.807, 2.05) is 4.90 Å². The van der Waals surface area contributed by atoms with Crippen LogP contribution in [0, 0.1) is 11.8 Å². The summed E-state index contributed by atoms with van der Waals surface area (Å²) < 4.78 is 44.1. The van der Waals surface area contributed by atoms with E-state index in [0.29, 0.717) is 25.5 Å². The Balaban J connectivity index is 1.37. The first-order valence-corrected chi connectivity index (χ1v) is 10.7. The maximum Gasteiger partial charge on any atom is 0.417 e. The lowest BCUT2D eigenvalue weighted by Gasteiger charge is -2.33. The van der Waals surface area contributed by atoms with Gasteiger partial charge in [-0.2, -0.15) is 13.2 Å². The molecule has 5 nitrogen and oxygen atoms in total. The fraction of sp³-hybridized carbons (Fsp3) is 0.667. The SMILES string of the molecule is CCN1CCN(CC#CCOC2CCN(c3ncc(C(F)(F)F)cc3Cl)CC2)CC1. The third-order valence-corrected chi connectivity index (χ3v) is 5.90. The second-order valence-corrected chi connectivity index (χ2v) is 8.00. The Labute approximate surface area is 181 Å². The Bertz CT molecular complexity index is 749. The molecule has 0 saturated carbocycles. The van der Waals surface area contributed by atoms with Gasteiger partial charge in [-0.25, -0.2) is 4.98 Å². The molecule has 0 atom stereocenters. The minimum Gasteiger partial charge on any atom is -0.365 e. The molecule has 0 bridgehead atoms. The van der Waals surface area contributed by atoms with Crippen molar-refractivity contribution < 1.29 is 17.9 Å². The quantitative estimate of drug-likeness (QED) is 0.650. The van der Waals surface area contributed by atoms with Crippen LogP contribution in [0.5, 0.6) is 0 Å². The summed E-state index contributed by atoms with van der Waals surface area (Å²) in [6, 6.07) is 0.935. The zero-order chi connectivity index (χ0) is 21.6. The van der Waals surface area contributed by atoms with E-state index >= 15 is 0 Å². The van der Waals surface area contributed by atoms with Crippen LogP contribution in [0.4, 0.5) is 19.0 Å². The van der Waals surface area contributed by atoms with Crippen LogP contribution in [0.1, 0.15) is 25.3 Å². The minimum atomic E-state index is -4.44. The highest BCUT2D eigenvalue weighted by molar-refractivity contribution is 6.33. The molecule has 0 aliphatic carbocycles. The average molecular weight is 445 g/mol. The van der Waals surface area contributed by atoms with Crippen molar-refractivity contribution in [1.29, 1.82) is 0 Å². The Hall–Kier alpha value is -1.53. The summed E-state index contributed by atoms with van der Waals surface area (Å²) in [6.07, 6.45) is -1.99. The molecule has 2 saturated heterocycles. The van der Waals surface area contributed by atoms with Crippen LogP contribution in [0.2, 0.25) is 5.02 Å². The maximum absolute atomic E-state index is 12.8. The number of piperidine rings is 1. The van der Waals surface area contributed by atoms with Gasteiger partial charge in [0, 0.05) is 45.5 Å². The molecule has 30 heavy (non-hydrogen) atoms. The normalized spacial score (nSPS) is 19.6. The van der Waals surface area contributed by atoms with E-state index in [-0.39, 0.29) is 11.1 Å². The molecular weight excluding hydrogens is 417 g/mol. The summed E-state index contributed by atoms with van der Waals surface area (Å²) in [5.41, 5.74) is -0.833. The molecule has 0 N–H and O–H groups in total. The highest BCUT2D eigenvalue weighted by atomic mass is 35.5. The molecule has 2 fully saturated rings. The van der Waals surface area contributed by atoms with Crippen LogP contribution in [0.15, 0.2) is 12.3 Å². The van der Waals surface area contributed by atoms with Crippen LogP contribution in [0.25, 0.3) is 0 Å². The second-order valence-electron chi connectivity index (χ2n) is 7.59. The maximum atomic E-state index is 12.8. The van der Waals surface area contributed by atoms with Gasteiger partial charge in [-0.15, -0.1) is 0 Å². The Morgan fingerprint density at radius 1 is 1.10 bits per heavy atom. The number of ether oxygens (including phenoxy) is 1. The largest absolute Gasteiger partial charge is 0.417 e. The molecule has 2 aliphatic rings. The number of hydrogen-bond donors (Lipinski definition) is 0. The van der Waals surface area contributed by atoms with Crippen LogP contribution >= 0.6 is 11.6 Å². The Kier molecular flexibility index (Phi) is 8.23. The van der Waals surface area contributed by atoms with Gasteiger partial charge in [0.25, 0.3) is 0 Å². The number of alkyl halides is 3. The molecular formula is C21H28ClF3N4O. The number of pyridine rings is 1. The standard InChI is InChI=1S/C21H28ClF3N4O/c1-2-27-10-12-28(13-11-27)7-3-4-14-30-18-5-8-29(9-6-18)20-19(22)15-17(16-26-20)21(23,24)25/h15-16,18H,2,5-14H2,1H3. The number of hydrogen-bond acceptors (Lipinski definition) is 5. The number of rotatable bonds is 5. The number of nitrogens with zero attached hydrogens (tertiary/aromatic N) is 4. The predicted octanol–water partition coefficient (Wildman–Crippen LogP) is 3.38. The summed E-state index contributed by atoms with van der Waals surface area (Å²) in [4.78, 5) is 10.6. The molecule has 1 aromatic rings. The summed E-state index contributed by atoms with van der Waals surface area (Å²) >= 11 is 6.04. The number of halogens is 4. The lowest BCUT2D eigenvalue weighted by molar-refractivity contribution is -0.137. The fourth-order valence-corrected chi connectivity index (χ4v) is 3.98. The highest BCUT2D eigenvalue weighted by Crippen LogP contribution is 2.34. The molecule has 0 aromatic carbocycles. The van der Waals surface area contributed by atoms with E-state index in [0.717, 1.165) is 64.4 Å². The second kappa shape index (κ2) is 10.7. The summed E-state index contributed by atoms with van der Waals surface area (Å²) in [5, 5.41) is 0.0230.